The number of hydrogen-bond acceptors (Lipinski definition) is 5. The van der Waals surface area contributed by atoms with Gasteiger partial charge in [0.25, 0.3) is 0 Å². The summed E-state index contributed by atoms with van der Waals surface area (Å²) >= 11 is 1.65. The van der Waals surface area contributed by atoms with Gasteiger partial charge in [0.2, 0.25) is 0 Å². The number of rotatable bonds is 7. The van der Waals surface area contributed by atoms with Crippen LogP contribution in [0.25, 0.3) is 22.3 Å². The van der Waals surface area contributed by atoms with Gasteiger partial charge in [-0.1, -0.05) is 61.5 Å². The van der Waals surface area contributed by atoms with Crippen molar-refractivity contribution < 1.29 is 0 Å². The van der Waals surface area contributed by atoms with Crippen molar-refractivity contribution in [2.24, 2.45) is 5.11 Å². The summed E-state index contributed by atoms with van der Waals surface area (Å²) in [5.41, 5.74) is 10.7. The van der Waals surface area contributed by atoms with Crippen LogP contribution >= 0.6 is 11.8 Å². The maximum atomic E-state index is 7.06. The molecule has 5 nitrogen and oxygen atoms in total. The van der Waals surface area contributed by atoms with Gasteiger partial charge in [-0.25, -0.2) is 15.5 Å². The third kappa shape index (κ3) is 4.26. The normalized spacial score (nSPS) is 12.5. The number of hydrogen-bond donors (Lipinski definition) is 2. The van der Waals surface area contributed by atoms with Crippen molar-refractivity contribution in [3.05, 3.63) is 65.5 Å². The molecule has 3 aromatic rings. The number of H-pyrrole nitrogens is 1. The molecule has 0 saturated carbocycles. The number of allylic oxidation sites excluding steroid dienone is 4. The molecule has 0 aliphatic rings. The zero-order valence-corrected chi connectivity index (χ0v) is 15.7. The Hall–Kier alpha value is -2.73. The molecule has 6 heteroatoms. The number of benzene rings is 1. The maximum Gasteiger partial charge on any atom is 0.142 e. The number of aromatic nitrogens is 3. The first-order valence-corrected chi connectivity index (χ1v) is 9.34. The van der Waals surface area contributed by atoms with Crippen LogP contribution < -0.4 is 0 Å². The predicted octanol–water partition coefficient (Wildman–Crippen LogP) is 6.34. The van der Waals surface area contributed by atoms with E-state index in [1.54, 1.807) is 18.1 Å². The first kappa shape index (κ1) is 18.1. The summed E-state index contributed by atoms with van der Waals surface area (Å²) in [5, 5.41) is 5.39. The highest BCUT2D eigenvalue weighted by molar-refractivity contribution is 8.03. The minimum Gasteiger partial charge on any atom is -0.339 e. The summed E-state index contributed by atoms with van der Waals surface area (Å²) in [7, 11) is 0. The molecule has 0 amide bonds. The van der Waals surface area contributed by atoms with Crippen molar-refractivity contribution in [1.82, 2.24) is 15.0 Å². The fourth-order valence-electron chi connectivity index (χ4n) is 2.56. The molecule has 2 heterocycles. The van der Waals surface area contributed by atoms with E-state index in [9.17, 15) is 0 Å². The molecule has 0 fully saturated rings. The first-order chi connectivity index (χ1) is 12.7. The van der Waals surface area contributed by atoms with E-state index in [4.69, 9.17) is 5.53 Å². The number of fused-ring (bicyclic) bond motifs is 1. The second-order valence-electron chi connectivity index (χ2n) is 5.90. The van der Waals surface area contributed by atoms with Gasteiger partial charge in [0.15, 0.2) is 0 Å². The number of nitrogens with zero attached hydrogens (tertiary/aromatic N) is 3. The molecule has 26 heavy (non-hydrogen) atoms. The Morgan fingerprint density at radius 3 is 2.77 bits per heavy atom. The van der Waals surface area contributed by atoms with Crippen LogP contribution in [0.2, 0.25) is 0 Å². The minimum absolute atomic E-state index is 0.681. The fourth-order valence-corrected chi connectivity index (χ4v) is 3.62. The summed E-state index contributed by atoms with van der Waals surface area (Å²) in [6, 6.07) is 12.3. The van der Waals surface area contributed by atoms with E-state index >= 15 is 0 Å². The average molecular weight is 363 g/mol. The minimum atomic E-state index is 0.681. The summed E-state index contributed by atoms with van der Waals surface area (Å²) < 4.78 is 0. The van der Waals surface area contributed by atoms with Crippen LogP contribution in [0.4, 0.5) is 0 Å². The second kappa shape index (κ2) is 8.58. The molecule has 3 rings (SSSR count). The number of nitrogens with one attached hydrogen (secondary N) is 2. The molecule has 0 radical (unpaired) electrons. The lowest BCUT2D eigenvalue weighted by atomic mass is 10.1. The quantitative estimate of drug-likeness (QED) is 0.223. The van der Waals surface area contributed by atoms with Gasteiger partial charge in [0.05, 0.1) is 11.1 Å². The van der Waals surface area contributed by atoms with Crippen LogP contribution in [-0.4, -0.2) is 15.0 Å². The zero-order chi connectivity index (χ0) is 18.4. The molecular weight excluding hydrogens is 342 g/mol. The van der Waals surface area contributed by atoms with Crippen LogP contribution in [0.3, 0.4) is 0 Å². The van der Waals surface area contributed by atoms with Gasteiger partial charge in [0, 0.05) is 5.69 Å². The van der Waals surface area contributed by atoms with Crippen LogP contribution in [0.1, 0.15) is 26.7 Å². The molecule has 0 atom stereocenters. The molecular formula is C20H21N5S. The van der Waals surface area contributed by atoms with Gasteiger partial charge in [-0.2, -0.15) is 5.11 Å². The molecule has 132 valence electrons. The van der Waals surface area contributed by atoms with Crippen molar-refractivity contribution in [1.29, 1.82) is 5.53 Å². The summed E-state index contributed by atoms with van der Waals surface area (Å²) in [6.07, 6.45) is 7.49. The largest absolute Gasteiger partial charge is 0.339 e. The van der Waals surface area contributed by atoms with E-state index in [0.29, 0.717) is 5.70 Å². The van der Waals surface area contributed by atoms with E-state index in [0.717, 1.165) is 40.2 Å². The topological polar surface area (TPSA) is 77.8 Å². The monoisotopic (exact) mass is 363 g/mol. The molecule has 0 saturated heterocycles. The molecule has 0 bridgehead atoms. The smallest absolute Gasteiger partial charge is 0.142 e. The molecule has 0 aliphatic heterocycles. The first-order valence-electron chi connectivity index (χ1n) is 8.53. The van der Waals surface area contributed by atoms with Crippen molar-refractivity contribution in [2.45, 2.75) is 31.7 Å². The van der Waals surface area contributed by atoms with Crippen molar-refractivity contribution >= 4 is 22.8 Å². The van der Waals surface area contributed by atoms with Gasteiger partial charge in [0.1, 0.15) is 17.0 Å². The van der Waals surface area contributed by atoms with Crippen LogP contribution in [0.15, 0.2) is 75.6 Å². The molecule has 2 aromatic heterocycles. The van der Waals surface area contributed by atoms with Crippen LogP contribution in [-0.2, 0) is 0 Å². The standard InChI is InChI=1S/C20H21N5S/c1-3-7-16(11-10-14(2)25-21)26-20-17-12-18(15-8-5-4-6-9-15)24-19(17)22-13-23-20/h4-6,8-13,21H,3,7H2,1-2H3,(H,22,23,24)/b14-10+,16-11+,25-21?. The Bertz CT molecular complexity index is 957. The Kier molecular flexibility index (Phi) is 5.96. The number of thioether (sulfide) groups is 1. The lowest BCUT2D eigenvalue weighted by Gasteiger charge is -2.05. The number of aromatic amines is 1. The van der Waals surface area contributed by atoms with Gasteiger partial charge < -0.3 is 4.98 Å². The summed E-state index contributed by atoms with van der Waals surface area (Å²) in [6.45, 7) is 3.97. The van der Waals surface area contributed by atoms with Crippen molar-refractivity contribution in [3.63, 3.8) is 0 Å². The highest BCUT2D eigenvalue weighted by atomic mass is 32.2. The van der Waals surface area contributed by atoms with E-state index in [-0.39, 0.29) is 0 Å². The van der Waals surface area contributed by atoms with Crippen LogP contribution in [0, 0.1) is 5.53 Å². The average Bonchev–Trinajstić information content (AvgIpc) is 3.12. The van der Waals surface area contributed by atoms with E-state index in [1.807, 2.05) is 37.3 Å². The van der Waals surface area contributed by atoms with Crippen LogP contribution in [0.5, 0.6) is 0 Å². The van der Waals surface area contributed by atoms with Gasteiger partial charge >= 0.3 is 0 Å². The molecule has 0 aliphatic carbocycles. The Labute approximate surface area is 157 Å². The van der Waals surface area contributed by atoms with E-state index in [1.165, 1.54) is 4.91 Å². The Balaban J connectivity index is 1.96. The molecule has 1 aromatic carbocycles. The molecule has 2 N–H and O–H groups in total. The molecule has 0 spiro atoms. The Morgan fingerprint density at radius 2 is 2.04 bits per heavy atom. The Morgan fingerprint density at radius 1 is 1.23 bits per heavy atom. The SMILES string of the molecule is CCC/C(=C\C=C(/C)N=N)Sc1ncnc2[nH]c(-c3ccccc3)cc12. The fraction of sp³-hybridized carbons (Fsp3) is 0.200. The van der Waals surface area contributed by atoms with Gasteiger partial charge in [-0.3, -0.25) is 0 Å². The predicted molar refractivity (Wildman–Crippen MR) is 107 cm³/mol. The lowest BCUT2D eigenvalue weighted by Crippen LogP contribution is -1.86. The van der Waals surface area contributed by atoms with Crippen molar-refractivity contribution in [3.8, 4) is 11.3 Å². The summed E-state index contributed by atoms with van der Waals surface area (Å²) in [5.74, 6) is 0. The maximum absolute atomic E-state index is 7.06. The lowest BCUT2D eigenvalue weighted by molar-refractivity contribution is 0.945. The van der Waals surface area contributed by atoms with E-state index < -0.39 is 0 Å². The highest BCUT2D eigenvalue weighted by Crippen LogP contribution is 2.34. The van der Waals surface area contributed by atoms with Gasteiger partial charge in [-0.15, -0.1) is 0 Å². The summed E-state index contributed by atoms with van der Waals surface area (Å²) in [4.78, 5) is 13.4. The third-order valence-electron chi connectivity index (χ3n) is 3.88. The van der Waals surface area contributed by atoms with Gasteiger partial charge in [-0.05, 0) is 36.0 Å². The highest BCUT2D eigenvalue weighted by Gasteiger charge is 2.11. The molecule has 0 unspecified atom stereocenters. The van der Waals surface area contributed by atoms with E-state index in [2.05, 4.69) is 45.2 Å². The van der Waals surface area contributed by atoms with Crippen molar-refractivity contribution in [2.75, 3.05) is 0 Å². The zero-order valence-electron chi connectivity index (χ0n) is 14.9. The third-order valence-corrected chi connectivity index (χ3v) is 5.01. The second-order valence-corrected chi connectivity index (χ2v) is 7.01.